The van der Waals surface area contributed by atoms with Crippen molar-refractivity contribution in [1.82, 2.24) is 20.2 Å². The first kappa shape index (κ1) is 13.1. The average molecular weight is 246 g/mol. The van der Waals surface area contributed by atoms with Crippen LogP contribution in [0.5, 0.6) is 0 Å². The van der Waals surface area contributed by atoms with Gasteiger partial charge in [-0.3, -0.25) is 0 Å². The van der Waals surface area contributed by atoms with Crippen LogP contribution in [0, 0.1) is 0 Å². The molecule has 0 aromatic carbocycles. The van der Waals surface area contributed by atoms with Gasteiger partial charge in [0.05, 0.1) is 0 Å². The third-order valence-corrected chi connectivity index (χ3v) is 3.06. The molecule has 0 amide bonds. The van der Waals surface area contributed by atoms with E-state index in [-0.39, 0.29) is 0 Å². The second-order valence-corrected chi connectivity index (χ2v) is 4.90. The van der Waals surface area contributed by atoms with Gasteiger partial charge in [0.2, 0.25) is 0 Å². The molecule has 0 aliphatic carbocycles. The Labute approximate surface area is 108 Å². The van der Waals surface area contributed by atoms with Crippen LogP contribution in [0.25, 0.3) is 11.0 Å². The van der Waals surface area contributed by atoms with Gasteiger partial charge in [-0.1, -0.05) is 0 Å². The van der Waals surface area contributed by atoms with E-state index in [0.717, 1.165) is 18.7 Å². The fourth-order valence-electron chi connectivity index (χ4n) is 2.06. The SMILES string of the molecule is CN(C)CCCCNCc1c[nH]c2ncccc12. The van der Waals surface area contributed by atoms with Crippen molar-refractivity contribution in [3.63, 3.8) is 0 Å². The van der Waals surface area contributed by atoms with Gasteiger partial charge in [0.1, 0.15) is 5.65 Å². The molecule has 0 saturated carbocycles. The standard InChI is InChI=1S/C14H22N4/c1-18(2)9-4-3-7-15-10-12-11-17-14-13(12)6-5-8-16-14/h5-6,8,11,15H,3-4,7,9-10H2,1-2H3,(H,16,17). The summed E-state index contributed by atoms with van der Waals surface area (Å²) in [5, 5.41) is 4.71. The molecule has 0 fully saturated rings. The molecule has 4 nitrogen and oxygen atoms in total. The van der Waals surface area contributed by atoms with Crippen LogP contribution in [0.1, 0.15) is 18.4 Å². The molecule has 0 bridgehead atoms. The van der Waals surface area contributed by atoms with Gasteiger partial charge in [-0.2, -0.15) is 0 Å². The highest BCUT2D eigenvalue weighted by Crippen LogP contribution is 2.14. The summed E-state index contributed by atoms with van der Waals surface area (Å²) >= 11 is 0. The molecule has 2 N–H and O–H groups in total. The van der Waals surface area contributed by atoms with Crippen molar-refractivity contribution in [1.29, 1.82) is 0 Å². The van der Waals surface area contributed by atoms with E-state index in [2.05, 4.69) is 40.3 Å². The maximum Gasteiger partial charge on any atom is 0.137 e. The van der Waals surface area contributed by atoms with Crippen LogP contribution in [0.4, 0.5) is 0 Å². The first-order chi connectivity index (χ1) is 8.77. The number of H-pyrrole nitrogens is 1. The number of aromatic amines is 1. The molecule has 2 aromatic rings. The highest BCUT2D eigenvalue weighted by molar-refractivity contribution is 5.79. The van der Waals surface area contributed by atoms with Crippen LogP contribution in [0.15, 0.2) is 24.5 Å². The fourth-order valence-corrected chi connectivity index (χ4v) is 2.06. The van der Waals surface area contributed by atoms with Crippen molar-refractivity contribution >= 4 is 11.0 Å². The Morgan fingerprint density at radius 2 is 2.22 bits per heavy atom. The molecular weight excluding hydrogens is 224 g/mol. The van der Waals surface area contributed by atoms with Gasteiger partial charge in [-0.25, -0.2) is 4.98 Å². The Morgan fingerprint density at radius 1 is 1.33 bits per heavy atom. The van der Waals surface area contributed by atoms with Gasteiger partial charge in [-0.15, -0.1) is 0 Å². The summed E-state index contributed by atoms with van der Waals surface area (Å²) in [4.78, 5) is 9.71. The van der Waals surface area contributed by atoms with E-state index in [1.165, 1.54) is 30.3 Å². The summed E-state index contributed by atoms with van der Waals surface area (Å²) in [5.74, 6) is 0. The summed E-state index contributed by atoms with van der Waals surface area (Å²) in [6.07, 6.45) is 6.33. The minimum Gasteiger partial charge on any atom is -0.346 e. The molecule has 0 aliphatic rings. The Hall–Kier alpha value is -1.39. The highest BCUT2D eigenvalue weighted by Gasteiger charge is 2.02. The number of unbranched alkanes of at least 4 members (excludes halogenated alkanes) is 1. The molecule has 0 radical (unpaired) electrons. The molecule has 0 unspecified atom stereocenters. The second kappa shape index (κ2) is 6.52. The van der Waals surface area contributed by atoms with Gasteiger partial charge < -0.3 is 15.2 Å². The van der Waals surface area contributed by atoms with E-state index < -0.39 is 0 Å². The van der Waals surface area contributed by atoms with E-state index in [1.54, 1.807) is 0 Å². The van der Waals surface area contributed by atoms with Crippen molar-refractivity contribution in [2.24, 2.45) is 0 Å². The van der Waals surface area contributed by atoms with Crippen molar-refractivity contribution in [3.8, 4) is 0 Å². The predicted molar refractivity (Wildman–Crippen MR) is 75.6 cm³/mol. The Balaban J connectivity index is 1.74. The fraction of sp³-hybridized carbons (Fsp3) is 0.500. The number of nitrogens with zero attached hydrogens (tertiary/aromatic N) is 2. The van der Waals surface area contributed by atoms with Crippen molar-refractivity contribution in [2.45, 2.75) is 19.4 Å². The summed E-state index contributed by atoms with van der Waals surface area (Å²) in [6.45, 7) is 3.15. The molecule has 2 heterocycles. The molecule has 0 aliphatic heterocycles. The Kier molecular flexibility index (Phi) is 4.73. The number of fused-ring (bicyclic) bond motifs is 1. The van der Waals surface area contributed by atoms with Crippen LogP contribution in [-0.4, -0.2) is 42.1 Å². The topological polar surface area (TPSA) is 44.0 Å². The quantitative estimate of drug-likeness (QED) is 0.734. The van der Waals surface area contributed by atoms with Crippen LogP contribution < -0.4 is 5.32 Å². The maximum absolute atomic E-state index is 4.29. The summed E-state index contributed by atoms with van der Waals surface area (Å²) in [7, 11) is 4.23. The van der Waals surface area contributed by atoms with E-state index >= 15 is 0 Å². The van der Waals surface area contributed by atoms with Crippen LogP contribution in [0.2, 0.25) is 0 Å². The van der Waals surface area contributed by atoms with E-state index in [4.69, 9.17) is 0 Å². The maximum atomic E-state index is 4.29. The molecule has 2 aromatic heterocycles. The highest BCUT2D eigenvalue weighted by atomic mass is 15.0. The van der Waals surface area contributed by atoms with Crippen molar-refractivity contribution < 1.29 is 0 Å². The second-order valence-electron chi connectivity index (χ2n) is 4.90. The number of pyridine rings is 1. The van der Waals surface area contributed by atoms with Crippen LogP contribution >= 0.6 is 0 Å². The molecular formula is C14H22N4. The number of rotatable bonds is 7. The Morgan fingerprint density at radius 3 is 3.06 bits per heavy atom. The first-order valence-corrected chi connectivity index (χ1v) is 6.54. The van der Waals surface area contributed by atoms with Gasteiger partial charge in [0.15, 0.2) is 0 Å². The Bertz CT molecular complexity index is 475. The lowest BCUT2D eigenvalue weighted by molar-refractivity contribution is 0.391. The zero-order chi connectivity index (χ0) is 12.8. The summed E-state index contributed by atoms with van der Waals surface area (Å²) in [5.41, 5.74) is 2.27. The first-order valence-electron chi connectivity index (χ1n) is 6.54. The van der Waals surface area contributed by atoms with Gasteiger partial charge in [-0.05, 0) is 57.7 Å². The van der Waals surface area contributed by atoms with Crippen LogP contribution in [-0.2, 0) is 6.54 Å². The van der Waals surface area contributed by atoms with Gasteiger partial charge in [0.25, 0.3) is 0 Å². The monoisotopic (exact) mass is 246 g/mol. The smallest absolute Gasteiger partial charge is 0.137 e. The van der Waals surface area contributed by atoms with E-state index in [0.29, 0.717) is 0 Å². The van der Waals surface area contributed by atoms with Crippen molar-refractivity contribution in [3.05, 3.63) is 30.1 Å². The van der Waals surface area contributed by atoms with Crippen LogP contribution in [0.3, 0.4) is 0 Å². The summed E-state index contributed by atoms with van der Waals surface area (Å²) in [6, 6.07) is 4.10. The van der Waals surface area contributed by atoms with Gasteiger partial charge in [0, 0.05) is 24.3 Å². The number of aromatic nitrogens is 2. The molecule has 4 heteroatoms. The average Bonchev–Trinajstić information content (AvgIpc) is 2.77. The number of nitrogens with one attached hydrogen (secondary N) is 2. The third kappa shape index (κ3) is 3.55. The molecule has 2 rings (SSSR count). The lowest BCUT2D eigenvalue weighted by Crippen LogP contribution is -2.17. The molecule has 0 spiro atoms. The number of hydrogen-bond acceptors (Lipinski definition) is 3. The molecule has 0 atom stereocenters. The summed E-state index contributed by atoms with van der Waals surface area (Å²) < 4.78 is 0. The lowest BCUT2D eigenvalue weighted by Gasteiger charge is -2.09. The predicted octanol–water partition coefficient (Wildman–Crippen LogP) is 1.99. The molecule has 18 heavy (non-hydrogen) atoms. The van der Waals surface area contributed by atoms with E-state index in [1.807, 2.05) is 18.5 Å². The lowest BCUT2D eigenvalue weighted by atomic mass is 10.2. The zero-order valence-corrected chi connectivity index (χ0v) is 11.2. The zero-order valence-electron chi connectivity index (χ0n) is 11.2. The van der Waals surface area contributed by atoms with E-state index in [9.17, 15) is 0 Å². The largest absolute Gasteiger partial charge is 0.346 e. The van der Waals surface area contributed by atoms with Crippen molar-refractivity contribution in [2.75, 3.05) is 27.2 Å². The number of hydrogen-bond donors (Lipinski definition) is 2. The minimum absolute atomic E-state index is 0.910. The third-order valence-electron chi connectivity index (χ3n) is 3.06. The molecule has 98 valence electrons. The normalized spacial score (nSPS) is 11.5. The van der Waals surface area contributed by atoms with Gasteiger partial charge >= 0.3 is 0 Å². The molecule has 0 saturated heterocycles. The minimum atomic E-state index is 0.910.